The highest BCUT2D eigenvalue weighted by atomic mass is 16.6. The summed E-state index contributed by atoms with van der Waals surface area (Å²) in [5.74, 6) is -0.990. The topological polar surface area (TPSA) is 89.8 Å². The zero-order chi connectivity index (χ0) is 16.3. The number of hydrogen-bond donors (Lipinski definition) is 0. The molecular weight excluding hydrogens is 288 g/mol. The van der Waals surface area contributed by atoms with Gasteiger partial charge in [-0.1, -0.05) is 25.5 Å². The van der Waals surface area contributed by atoms with Gasteiger partial charge in [0.25, 0.3) is 11.8 Å². The van der Waals surface area contributed by atoms with E-state index in [0.29, 0.717) is 6.42 Å². The van der Waals surface area contributed by atoms with Gasteiger partial charge >= 0.3 is 0 Å². The molecule has 1 aliphatic heterocycles. The molecule has 1 aliphatic rings. The third kappa shape index (κ3) is 2.85. The third-order valence-electron chi connectivity index (χ3n) is 3.80. The number of nitro groups is 1. The van der Waals surface area contributed by atoms with Crippen LogP contribution in [-0.2, 0) is 4.74 Å². The van der Waals surface area contributed by atoms with Crippen molar-refractivity contribution >= 4 is 11.8 Å². The van der Waals surface area contributed by atoms with E-state index in [2.05, 4.69) is 0 Å². The maximum atomic E-state index is 12.5. The summed E-state index contributed by atoms with van der Waals surface area (Å²) in [6, 6.07) is 5.53. The van der Waals surface area contributed by atoms with Crippen LogP contribution in [-0.4, -0.2) is 47.4 Å². The Hall–Kier alpha value is -2.28. The molecule has 0 fully saturated rings. The fraction of sp³-hybridized carbons (Fsp3) is 0.467. The van der Waals surface area contributed by atoms with Gasteiger partial charge in [-0.05, 0) is 18.6 Å². The van der Waals surface area contributed by atoms with E-state index in [-0.39, 0.29) is 11.1 Å². The van der Waals surface area contributed by atoms with E-state index in [1.54, 1.807) is 24.3 Å². The Morgan fingerprint density at radius 2 is 1.77 bits per heavy atom. The molecular formula is C15H18N2O5. The lowest BCUT2D eigenvalue weighted by molar-refractivity contribution is -0.487. The lowest BCUT2D eigenvalue weighted by atomic mass is 10.0. The molecule has 2 amide bonds. The number of ether oxygens (including phenoxy) is 1. The second-order valence-corrected chi connectivity index (χ2v) is 5.17. The Labute approximate surface area is 128 Å². The van der Waals surface area contributed by atoms with Gasteiger partial charge < -0.3 is 4.74 Å². The SMILES string of the molecule is CCC[C@H](OC)[C@@H](C[N+](=O)[O-])N1C(=O)c2ccccc2C1=O. The van der Waals surface area contributed by atoms with Crippen LogP contribution in [0.15, 0.2) is 24.3 Å². The van der Waals surface area contributed by atoms with Crippen LogP contribution in [0, 0.1) is 10.1 Å². The zero-order valence-corrected chi connectivity index (χ0v) is 12.5. The highest BCUT2D eigenvalue weighted by Crippen LogP contribution is 2.27. The summed E-state index contributed by atoms with van der Waals surface area (Å²) in [4.78, 5) is 36.4. The molecule has 0 N–H and O–H groups in total. The van der Waals surface area contributed by atoms with Gasteiger partial charge in [-0.2, -0.15) is 0 Å². The molecule has 0 aromatic heterocycles. The minimum absolute atomic E-state index is 0.284. The largest absolute Gasteiger partial charge is 0.379 e. The molecule has 7 heteroatoms. The second-order valence-electron chi connectivity index (χ2n) is 5.17. The number of carbonyl (C=O) groups excluding carboxylic acids is 2. The first-order valence-electron chi connectivity index (χ1n) is 7.12. The van der Waals surface area contributed by atoms with E-state index in [1.165, 1.54) is 7.11 Å². The van der Waals surface area contributed by atoms with Gasteiger partial charge in [0.1, 0.15) is 6.04 Å². The van der Waals surface area contributed by atoms with Gasteiger partial charge in [0, 0.05) is 12.0 Å². The Morgan fingerprint density at radius 3 is 2.18 bits per heavy atom. The van der Waals surface area contributed by atoms with Crippen molar-refractivity contribution in [2.24, 2.45) is 0 Å². The van der Waals surface area contributed by atoms with Crippen molar-refractivity contribution in [3.05, 3.63) is 45.5 Å². The molecule has 118 valence electrons. The lowest BCUT2D eigenvalue weighted by Crippen LogP contribution is -2.51. The summed E-state index contributed by atoms with van der Waals surface area (Å²) >= 11 is 0. The van der Waals surface area contributed by atoms with Crippen LogP contribution >= 0.6 is 0 Å². The van der Waals surface area contributed by atoms with Crippen LogP contribution in [0.1, 0.15) is 40.5 Å². The van der Waals surface area contributed by atoms with E-state index in [1.807, 2.05) is 6.92 Å². The van der Waals surface area contributed by atoms with E-state index in [9.17, 15) is 19.7 Å². The molecule has 0 bridgehead atoms. The summed E-state index contributed by atoms with van der Waals surface area (Å²) in [5, 5.41) is 11.0. The summed E-state index contributed by atoms with van der Waals surface area (Å²) in [6.45, 7) is 1.39. The van der Waals surface area contributed by atoms with Crippen molar-refractivity contribution in [1.29, 1.82) is 0 Å². The number of hydrogen-bond acceptors (Lipinski definition) is 5. The molecule has 7 nitrogen and oxygen atoms in total. The second kappa shape index (κ2) is 6.65. The van der Waals surface area contributed by atoms with Crippen molar-refractivity contribution in [3.63, 3.8) is 0 Å². The third-order valence-corrected chi connectivity index (χ3v) is 3.80. The predicted octanol–water partition coefficient (Wildman–Crippen LogP) is 1.74. The monoisotopic (exact) mass is 306 g/mol. The Bertz CT molecular complexity index is 566. The first-order valence-corrected chi connectivity index (χ1v) is 7.12. The van der Waals surface area contributed by atoms with Gasteiger partial charge in [-0.3, -0.25) is 24.6 Å². The number of carbonyl (C=O) groups is 2. The number of imide groups is 1. The normalized spacial score (nSPS) is 16.5. The van der Waals surface area contributed by atoms with Gasteiger partial charge in [-0.15, -0.1) is 0 Å². The molecule has 0 aliphatic carbocycles. The lowest BCUT2D eigenvalue weighted by Gasteiger charge is -2.29. The van der Waals surface area contributed by atoms with Crippen molar-refractivity contribution in [2.75, 3.05) is 13.7 Å². The van der Waals surface area contributed by atoms with Crippen LogP contribution in [0.3, 0.4) is 0 Å². The van der Waals surface area contributed by atoms with Crippen LogP contribution in [0.25, 0.3) is 0 Å². The summed E-state index contributed by atoms with van der Waals surface area (Å²) in [5.41, 5.74) is 0.569. The Balaban J connectivity index is 2.38. The number of nitrogens with zero attached hydrogens (tertiary/aromatic N) is 2. The molecule has 0 saturated carbocycles. The van der Waals surface area contributed by atoms with Gasteiger partial charge in [0.05, 0.1) is 17.2 Å². The van der Waals surface area contributed by atoms with Gasteiger partial charge in [-0.25, -0.2) is 0 Å². The van der Waals surface area contributed by atoms with Crippen LogP contribution in [0.4, 0.5) is 0 Å². The Morgan fingerprint density at radius 1 is 1.23 bits per heavy atom. The first-order chi connectivity index (χ1) is 10.5. The zero-order valence-electron chi connectivity index (χ0n) is 12.5. The molecule has 2 atom stereocenters. The van der Waals surface area contributed by atoms with Crippen molar-refractivity contribution in [3.8, 4) is 0 Å². The molecule has 2 rings (SSSR count). The quantitative estimate of drug-likeness (QED) is 0.435. The molecule has 0 unspecified atom stereocenters. The summed E-state index contributed by atoms with van der Waals surface area (Å²) in [6.07, 6.45) is 0.704. The predicted molar refractivity (Wildman–Crippen MR) is 78.3 cm³/mol. The average Bonchev–Trinajstić information content (AvgIpc) is 2.75. The number of fused-ring (bicyclic) bond motifs is 1. The molecule has 0 spiro atoms. The Kier molecular flexibility index (Phi) is 4.87. The molecule has 1 aromatic carbocycles. The molecule has 22 heavy (non-hydrogen) atoms. The van der Waals surface area contributed by atoms with Crippen LogP contribution < -0.4 is 0 Å². The standard InChI is InChI=1S/C15H18N2O5/c1-3-6-13(22-2)12(9-16(20)21)17-14(18)10-7-4-5-8-11(10)15(17)19/h4-5,7-8,12-13H,3,6,9H2,1-2H3/t12-,13+/m1/s1. The van der Waals surface area contributed by atoms with Crippen LogP contribution in [0.5, 0.6) is 0 Å². The fourth-order valence-electron chi connectivity index (χ4n) is 2.78. The number of amides is 2. The highest BCUT2D eigenvalue weighted by Gasteiger charge is 2.44. The first kappa shape index (κ1) is 16.1. The molecule has 0 saturated heterocycles. The van der Waals surface area contributed by atoms with Crippen LogP contribution in [0.2, 0.25) is 0 Å². The number of benzene rings is 1. The molecule has 1 aromatic rings. The molecule has 1 heterocycles. The average molecular weight is 306 g/mol. The highest BCUT2D eigenvalue weighted by molar-refractivity contribution is 6.21. The van der Waals surface area contributed by atoms with E-state index < -0.39 is 35.4 Å². The maximum Gasteiger partial charge on any atom is 0.262 e. The minimum atomic E-state index is -0.910. The van der Waals surface area contributed by atoms with Crippen molar-refractivity contribution in [1.82, 2.24) is 4.90 Å². The van der Waals surface area contributed by atoms with E-state index in [0.717, 1.165) is 11.3 Å². The number of methoxy groups -OCH3 is 1. The molecule has 0 radical (unpaired) electrons. The minimum Gasteiger partial charge on any atom is -0.379 e. The number of rotatable bonds is 7. The van der Waals surface area contributed by atoms with Crippen molar-refractivity contribution < 1.29 is 19.2 Å². The smallest absolute Gasteiger partial charge is 0.262 e. The van der Waals surface area contributed by atoms with Gasteiger partial charge in [0.2, 0.25) is 6.54 Å². The maximum absolute atomic E-state index is 12.5. The van der Waals surface area contributed by atoms with Crippen molar-refractivity contribution in [2.45, 2.75) is 31.9 Å². The fourth-order valence-corrected chi connectivity index (χ4v) is 2.78. The van der Waals surface area contributed by atoms with E-state index in [4.69, 9.17) is 4.74 Å². The van der Waals surface area contributed by atoms with Gasteiger partial charge in [0.15, 0.2) is 0 Å². The summed E-state index contributed by atoms with van der Waals surface area (Å²) in [7, 11) is 1.44. The summed E-state index contributed by atoms with van der Waals surface area (Å²) < 4.78 is 5.31. The van der Waals surface area contributed by atoms with E-state index >= 15 is 0 Å².